The Morgan fingerprint density at radius 1 is 0.758 bits per heavy atom. The van der Waals surface area contributed by atoms with Crippen LogP contribution >= 0.6 is 12.2 Å². The van der Waals surface area contributed by atoms with Gasteiger partial charge in [0, 0.05) is 37.6 Å². The summed E-state index contributed by atoms with van der Waals surface area (Å²) in [5.41, 5.74) is 1.15. The van der Waals surface area contributed by atoms with Crippen molar-refractivity contribution in [3.8, 4) is 0 Å². The van der Waals surface area contributed by atoms with E-state index < -0.39 is 20.0 Å². The third-order valence-electron chi connectivity index (χ3n) is 5.51. The van der Waals surface area contributed by atoms with Crippen molar-refractivity contribution in [3.05, 3.63) is 48.5 Å². The maximum absolute atomic E-state index is 12.8. The highest BCUT2D eigenvalue weighted by Gasteiger charge is 2.28. The standard InChI is InChI=1S/C21H26N4O5S3/c26-32(27,25-12-14-30-15-13-25)19-8-6-17(7-9-19)22-21(31)23-18-4-3-5-20(16-18)33(28,29)24-10-1-2-11-24/h3-9,16H,1-2,10-15H2,(H2,22,23,31). The van der Waals surface area contributed by atoms with Gasteiger partial charge in [0.05, 0.1) is 23.0 Å². The lowest BCUT2D eigenvalue weighted by molar-refractivity contribution is 0.0730. The molecule has 9 nitrogen and oxygen atoms in total. The predicted molar refractivity (Wildman–Crippen MR) is 130 cm³/mol. The van der Waals surface area contributed by atoms with Crippen molar-refractivity contribution in [1.29, 1.82) is 0 Å². The zero-order valence-corrected chi connectivity index (χ0v) is 20.4. The van der Waals surface area contributed by atoms with Crippen LogP contribution in [0.25, 0.3) is 0 Å². The molecule has 0 amide bonds. The first-order valence-corrected chi connectivity index (χ1v) is 13.9. The summed E-state index contributed by atoms with van der Waals surface area (Å²) in [6.07, 6.45) is 1.75. The molecule has 2 saturated heterocycles. The lowest BCUT2D eigenvalue weighted by atomic mass is 10.3. The van der Waals surface area contributed by atoms with Gasteiger partial charge in [0.1, 0.15) is 0 Å². The fourth-order valence-corrected chi connectivity index (χ4v) is 6.96. The number of rotatable bonds is 6. The van der Waals surface area contributed by atoms with Crippen LogP contribution in [0.5, 0.6) is 0 Å². The summed E-state index contributed by atoms with van der Waals surface area (Å²) < 4.78 is 59.1. The normalized spacial score (nSPS) is 18.2. The van der Waals surface area contributed by atoms with Gasteiger partial charge in [0.2, 0.25) is 20.0 Å². The van der Waals surface area contributed by atoms with E-state index in [1.54, 1.807) is 36.4 Å². The molecule has 0 atom stereocenters. The van der Waals surface area contributed by atoms with Crippen molar-refractivity contribution < 1.29 is 21.6 Å². The summed E-state index contributed by atoms with van der Waals surface area (Å²) in [5.74, 6) is 0. The molecule has 0 unspecified atom stereocenters. The number of benzene rings is 2. The van der Waals surface area contributed by atoms with Crippen LogP contribution in [0, 0.1) is 0 Å². The highest BCUT2D eigenvalue weighted by molar-refractivity contribution is 7.89. The smallest absolute Gasteiger partial charge is 0.243 e. The van der Waals surface area contributed by atoms with E-state index in [4.69, 9.17) is 17.0 Å². The van der Waals surface area contributed by atoms with Crippen molar-refractivity contribution in [2.45, 2.75) is 22.6 Å². The van der Waals surface area contributed by atoms with Crippen LogP contribution < -0.4 is 10.6 Å². The number of hydrogen-bond donors (Lipinski definition) is 2. The first-order chi connectivity index (χ1) is 15.8. The third kappa shape index (κ3) is 5.53. The minimum absolute atomic E-state index is 0.202. The second kappa shape index (κ2) is 10.0. The van der Waals surface area contributed by atoms with E-state index in [2.05, 4.69) is 10.6 Å². The molecule has 0 saturated carbocycles. The molecule has 0 spiro atoms. The highest BCUT2D eigenvalue weighted by Crippen LogP contribution is 2.24. The van der Waals surface area contributed by atoms with Gasteiger partial charge in [-0.2, -0.15) is 8.61 Å². The van der Waals surface area contributed by atoms with Crippen molar-refractivity contribution in [1.82, 2.24) is 8.61 Å². The maximum Gasteiger partial charge on any atom is 0.243 e. The molecule has 4 rings (SSSR count). The molecule has 2 aliphatic rings. The van der Waals surface area contributed by atoms with Gasteiger partial charge in [-0.05, 0) is 67.5 Å². The summed E-state index contributed by atoms with van der Waals surface area (Å²) >= 11 is 5.35. The Balaban J connectivity index is 1.40. The molecule has 2 aromatic rings. The van der Waals surface area contributed by atoms with Crippen LogP contribution in [0.4, 0.5) is 11.4 Å². The van der Waals surface area contributed by atoms with Crippen molar-refractivity contribution in [3.63, 3.8) is 0 Å². The molecule has 33 heavy (non-hydrogen) atoms. The first kappa shape index (κ1) is 24.0. The molecule has 12 heteroatoms. The summed E-state index contributed by atoms with van der Waals surface area (Å²) in [7, 11) is -7.09. The van der Waals surface area contributed by atoms with Crippen LogP contribution in [-0.4, -0.2) is 70.0 Å². The van der Waals surface area contributed by atoms with Crippen molar-refractivity contribution >= 4 is 48.8 Å². The molecule has 2 N–H and O–H groups in total. The fraction of sp³-hybridized carbons (Fsp3) is 0.381. The molecule has 0 radical (unpaired) electrons. The number of hydrogen-bond acceptors (Lipinski definition) is 6. The minimum atomic E-state index is -3.57. The van der Waals surface area contributed by atoms with Gasteiger partial charge >= 0.3 is 0 Å². The van der Waals surface area contributed by atoms with Gasteiger partial charge in [0.25, 0.3) is 0 Å². The van der Waals surface area contributed by atoms with E-state index in [9.17, 15) is 16.8 Å². The van der Waals surface area contributed by atoms with Gasteiger partial charge in [0.15, 0.2) is 5.11 Å². The quantitative estimate of drug-likeness (QED) is 0.570. The Bertz CT molecular complexity index is 1200. The number of nitrogens with one attached hydrogen (secondary N) is 2. The highest BCUT2D eigenvalue weighted by atomic mass is 32.2. The summed E-state index contributed by atoms with van der Waals surface area (Å²) in [5, 5.41) is 6.24. The monoisotopic (exact) mass is 510 g/mol. The van der Waals surface area contributed by atoms with Crippen LogP contribution in [0.2, 0.25) is 0 Å². The lowest BCUT2D eigenvalue weighted by Gasteiger charge is -2.26. The molecule has 0 bridgehead atoms. The second-order valence-electron chi connectivity index (χ2n) is 7.76. The van der Waals surface area contributed by atoms with Gasteiger partial charge in [-0.25, -0.2) is 16.8 Å². The van der Waals surface area contributed by atoms with Gasteiger partial charge in [-0.1, -0.05) is 6.07 Å². The Morgan fingerprint density at radius 3 is 2.00 bits per heavy atom. The predicted octanol–water partition coefficient (Wildman–Crippen LogP) is 2.30. The molecule has 2 aromatic carbocycles. The second-order valence-corrected chi connectivity index (χ2v) is 12.0. The number of nitrogens with zero attached hydrogens (tertiary/aromatic N) is 2. The number of anilines is 2. The van der Waals surface area contributed by atoms with E-state index in [1.807, 2.05) is 0 Å². The SMILES string of the molecule is O=S(=O)(c1cccc(NC(=S)Nc2ccc(S(=O)(=O)N3CCOCC3)cc2)c1)N1CCCC1. The van der Waals surface area contributed by atoms with E-state index in [1.165, 1.54) is 20.7 Å². The van der Waals surface area contributed by atoms with Crippen molar-refractivity contribution in [2.24, 2.45) is 0 Å². The largest absolute Gasteiger partial charge is 0.379 e. The minimum Gasteiger partial charge on any atom is -0.379 e. The number of sulfonamides is 2. The zero-order chi connectivity index (χ0) is 23.5. The molecular formula is C21H26N4O5S3. The Morgan fingerprint density at radius 2 is 1.33 bits per heavy atom. The van der Waals surface area contributed by atoms with Crippen LogP contribution in [0.3, 0.4) is 0 Å². The van der Waals surface area contributed by atoms with E-state index >= 15 is 0 Å². The van der Waals surface area contributed by atoms with Crippen LogP contribution in [0.1, 0.15) is 12.8 Å². The number of morpholine rings is 1. The van der Waals surface area contributed by atoms with Gasteiger partial charge in [-0.15, -0.1) is 0 Å². The number of thiocarbonyl (C=S) groups is 1. The first-order valence-electron chi connectivity index (χ1n) is 10.6. The Labute approximate surface area is 199 Å². The molecule has 0 aliphatic carbocycles. The van der Waals surface area contributed by atoms with Gasteiger partial charge < -0.3 is 15.4 Å². The summed E-state index contributed by atoms with van der Waals surface area (Å²) in [4.78, 5) is 0.420. The average molecular weight is 511 g/mol. The molecule has 0 aromatic heterocycles. The van der Waals surface area contributed by atoms with E-state index in [0.29, 0.717) is 50.8 Å². The average Bonchev–Trinajstić information content (AvgIpc) is 3.36. The van der Waals surface area contributed by atoms with E-state index in [0.717, 1.165) is 12.8 Å². The summed E-state index contributed by atoms with van der Waals surface area (Å²) in [6, 6.07) is 12.8. The van der Waals surface area contributed by atoms with E-state index in [-0.39, 0.29) is 14.9 Å². The van der Waals surface area contributed by atoms with Crippen LogP contribution in [0.15, 0.2) is 58.3 Å². The molecular weight excluding hydrogens is 484 g/mol. The Kier molecular flexibility index (Phi) is 7.31. The number of ether oxygens (including phenoxy) is 1. The van der Waals surface area contributed by atoms with Crippen LogP contribution in [-0.2, 0) is 24.8 Å². The summed E-state index contributed by atoms with van der Waals surface area (Å²) in [6.45, 7) is 2.53. The molecule has 2 fully saturated rings. The zero-order valence-electron chi connectivity index (χ0n) is 17.9. The van der Waals surface area contributed by atoms with Gasteiger partial charge in [-0.3, -0.25) is 0 Å². The Hall–Kier alpha value is -2.09. The topological polar surface area (TPSA) is 108 Å². The third-order valence-corrected chi connectivity index (χ3v) is 9.53. The molecule has 178 valence electrons. The fourth-order valence-electron chi connectivity index (χ4n) is 3.75. The lowest BCUT2D eigenvalue weighted by Crippen LogP contribution is -2.40. The van der Waals surface area contributed by atoms with Crippen molar-refractivity contribution in [2.75, 3.05) is 50.0 Å². The maximum atomic E-state index is 12.8. The molecule has 2 heterocycles. The molecule has 2 aliphatic heterocycles.